The number of aromatic nitrogens is 1. The van der Waals surface area contributed by atoms with Gasteiger partial charge in [-0.05, 0) is 13.3 Å². The molecule has 2 aromatic rings. The monoisotopic (exact) mass is 308 g/mol. The summed E-state index contributed by atoms with van der Waals surface area (Å²) in [6.07, 6.45) is 2.15. The molecule has 1 aliphatic heterocycles. The van der Waals surface area contributed by atoms with Crippen LogP contribution in [0.2, 0.25) is 0 Å². The van der Waals surface area contributed by atoms with E-state index in [1.165, 1.54) is 12.3 Å². The molecule has 0 radical (unpaired) electrons. The van der Waals surface area contributed by atoms with Crippen molar-refractivity contribution in [2.75, 3.05) is 23.7 Å². The van der Waals surface area contributed by atoms with E-state index < -0.39 is 17.1 Å². The lowest BCUT2D eigenvalue weighted by Gasteiger charge is -2.22. The van der Waals surface area contributed by atoms with Gasteiger partial charge in [-0.3, -0.25) is 4.79 Å². The number of pyridine rings is 1. The summed E-state index contributed by atoms with van der Waals surface area (Å²) < 4.78 is 31.1. The molecule has 118 valence electrons. The molecule has 1 fully saturated rings. The first-order valence-corrected chi connectivity index (χ1v) is 7.25. The van der Waals surface area contributed by atoms with E-state index in [1.807, 2.05) is 6.92 Å². The van der Waals surface area contributed by atoms with Gasteiger partial charge in [-0.2, -0.15) is 0 Å². The number of rotatable bonds is 2. The molecule has 3 rings (SSSR count). The second kappa shape index (κ2) is 5.24. The topological polar surface area (TPSA) is 77.3 Å². The number of nitrogens with zero attached hydrogens (tertiary/aromatic N) is 2. The molecule has 0 bridgehead atoms. The third-order valence-corrected chi connectivity index (χ3v) is 4.19. The van der Waals surface area contributed by atoms with Crippen LogP contribution in [0.4, 0.5) is 20.2 Å². The quantitative estimate of drug-likeness (QED) is 0.823. The molecule has 0 amide bonds. The highest BCUT2D eigenvalue weighted by Crippen LogP contribution is 2.35. The van der Waals surface area contributed by atoms with Gasteiger partial charge in [0, 0.05) is 37.9 Å². The van der Waals surface area contributed by atoms with Gasteiger partial charge in [0.1, 0.15) is 5.69 Å². The Hall–Kier alpha value is -2.15. The van der Waals surface area contributed by atoms with Gasteiger partial charge >= 0.3 is 0 Å². The van der Waals surface area contributed by atoms with Crippen molar-refractivity contribution in [1.29, 1.82) is 0 Å². The van der Waals surface area contributed by atoms with E-state index >= 15 is 0 Å². The maximum atomic E-state index is 15.0. The van der Waals surface area contributed by atoms with Crippen molar-refractivity contribution in [2.24, 2.45) is 5.73 Å². The van der Waals surface area contributed by atoms with Gasteiger partial charge < -0.3 is 20.9 Å². The predicted octanol–water partition coefficient (Wildman–Crippen LogP) is 1.42. The second-order valence-corrected chi connectivity index (χ2v) is 5.57. The molecule has 0 aliphatic carbocycles. The molecule has 4 N–H and O–H groups in total. The minimum atomic E-state index is -0.884. The molecule has 0 spiro atoms. The highest BCUT2D eigenvalue weighted by atomic mass is 19.1. The van der Waals surface area contributed by atoms with Crippen LogP contribution in [-0.2, 0) is 6.54 Å². The Kier molecular flexibility index (Phi) is 3.52. The lowest BCUT2D eigenvalue weighted by Crippen LogP contribution is -2.28. The number of hydrogen-bond acceptors (Lipinski definition) is 4. The van der Waals surface area contributed by atoms with Crippen LogP contribution in [0, 0.1) is 11.6 Å². The molecule has 1 atom stereocenters. The first kappa shape index (κ1) is 14.8. The molecular formula is C15H18F2N4O. The van der Waals surface area contributed by atoms with Gasteiger partial charge in [0.05, 0.1) is 16.6 Å². The summed E-state index contributed by atoms with van der Waals surface area (Å²) >= 11 is 0. The molecule has 7 heteroatoms. The molecule has 1 saturated heterocycles. The van der Waals surface area contributed by atoms with Crippen LogP contribution in [0.3, 0.4) is 0 Å². The number of benzene rings is 1. The summed E-state index contributed by atoms with van der Waals surface area (Å²) in [5, 5.41) is -0.105. The Labute approximate surface area is 126 Å². The van der Waals surface area contributed by atoms with Gasteiger partial charge in [0.2, 0.25) is 0 Å². The first-order chi connectivity index (χ1) is 10.5. The Morgan fingerprint density at radius 1 is 1.36 bits per heavy atom. The average Bonchev–Trinajstić information content (AvgIpc) is 2.91. The Bertz CT molecular complexity index is 802. The van der Waals surface area contributed by atoms with Crippen LogP contribution < -0.4 is 21.8 Å². The number of nitrogens with two attached hydrogens (primary N) is 2. The van der Waals surface area contributed by atoms with Crippen molar-refractivity contribution in [1.82, 2.24) is 4.57 Å². The van der Waals surface area contributed by atoms with Crippen molar-refractivity contribution >= 4 is 22.3 Å². The number of hydrogen-bond donors (Lipinski definition) is 2. The fraction of sp³-hybridized carbons (Fsp3) is 0.400. The predicted molar refractivity (Wildman–Crippen MR) is 83.0 cm³/mol. The van der Waals surface area contributed by atoms with Crippen LogP contribution in [0.25, 0.3) is 10.9 Å². The van der Waals surface area contributed by atoms with E-state index in [-0.39, 0.29) is 28.3 Å². The summed E-state index contributed by atoms with van der Waals surface area (Å²) in [5.74, 6) is -1.64. The number of halogens is 2. The zero-order chi connectivity index (χ0) is 16.0. The number of anilines is 2. The lowest BCUT2D eigenvalue weighted by atomic mass is 10.1. The van der Waals surface area contributed by atoms with Crippen LogP contribution in [0.1, 0.15) is 13.3 Å². The summed E-state index contributed by atoms with van der Waals surface area (Å²) in [5.41, 5.74) is 10.7. The highest BCUT2D eigenvalue weighted by Gasteiger charge is 2.29. The fourth-order valence-corrected chi connectivity index (χ4v) is 3.05. The van der Waals surface area contributed by atoms with E-state index in [9.17, 15) is 13.6 Å². The average molecular weight is 308 g/mol. The van der Waals surface area contributed by atoms with Crippen molar-refractivity contribution in [3.8, 4) is 0 Å². The van der Waals surface area contributed by atoms with E-state index in [4.69, 9.17) is 11.5 Å². The second-order valence-electron chi connectivity index (χ2n) is 5.57. The molecule has 5 nitrogen and oxygen atoms in total. The summed E-state index contributed by atoms with van der Waals surface area (Å²) in [6, 6.07) is 1.15. The molecule has 1 aromatic carbocycles. The van der Waals surface area contributed by atoms with Crippen molar-refractivity contribution < 1.29 is 8.78 Å². The zero-order valence-corrected chi connectivity index (χ0v) is 12.3. The van der Waals surface area contributed by atoms with Crippen LogP contribution in [0.15, 0.2) is 17.1 Å². The molecule has 22 heavy (non-hydrogen) atoms. The lowest BCUT2D eigenvalue weighted by molar-refractivity contribution is 0.581. The highest BCUT2D eigenvalue weighted by molar-refractivity contribution is 5.95. The van der Waals surface area contributed by atoms with E-state index in [1.54, 1.807) is 9.47 Å². The smallest absolute Gasteiger partial charge is 0.191 e. The van der Waals surface area contributed by atoms with Crippen LogP contribution in [0.5, 0.6) is 0 Å². The Balaban J connectivity index is 2.38. The minimum absolute atomic E-state index is 0.0457. The van der Waals surface area contributed by atoms with Crippen LogP contribution in [-0.4, -0.2) is 23.7 Å². The van der Waals surface area contributed by atoms with Gasteiger partial charge in [-0.25, -0.2) is 8.78 Å². The largest absolute Gasteiger partial charge is 0.396 e. The molecular weight excluding hydrogens is 290 g/mol. The zero-order valence-electron chi connectivity index (χ0n) is 12.3. The third kappa shape index (κ3) is 2.04. The fourth-order valence-electron chi connectivity index (χ4n) is 3.05. The SMILES string of the molecule is CCn1ccc(=O)c2c(N)c(F)c(N3CCC(N)C3)c(F)c21. The van der Waals surface area contributed by atoms with Gasteiger partial charge in [-0.15, -0.1) is 0 Å². The third-order valence-electron chi connectivity index (χ3n) is 4.19. The molecule has 2 heterocycles. The summed E-state index contributed by atoms with van der Waals surface area (Å²) in [4.78, 5) is 13.6. The van der Waals surface area contributed by atoms with E-state index in [0.29, 0.717) is 26.1 Å². The normalized spacial score (nSPS) is 18.4. The Morgan fingerprint density at radius 2 is 2.09 bits per heavy atom. The van der Waals surface area contributed by atoms with E-state index in [0.717, 1.165) is 0 Å². The maximum Gasteiger partial charge on any atom is 0.191 e. The Morgan fingerprint density at radius 3 is 2.68 bits per heavy atom. The van der Waals surface area contributed by atoms with Crippen LogP contribution >= 0.6 is 0 Å². The van der Waals surface area contributed by atoms with Gasteiger partial charge in [0.25, 0.3) is 0 Å². The van der Waals surface area contributed by atoms with Gasteiger partial charge in [-0.1, -0.05) is 0 Å². The maximum absolute atomic E-state index is 15.0. The number of nitrogen functional groups attached to an aromatic ring is 1. The van der Waals surface area contributed by atoms with Gasteiger partial charge in [0.15, 0.2) is 17.1 Å². The first-order valence-electron chi connectivity index (χ1n) is 7.25. The summed E-state index contributed by atoms with van der Waals surface area (Å²) in [7, 11) is 0. The van der Waals surface area contributed by atoms with E-state index in [2.05, 4.69) is 0 Å². The number of aryl methyl sites for hydroxylation is 1. The van der Waals surface area contributed by atoms with Crippen molar-refractivity contribution in [3.05, 3.63) is 34.1 Å². The van der Waals surface area contributed by atoms with Crippen molar-refractivity contribution in [3.63, 3.8) is 0 Å². The molecule has 1 aliphatic rings. The number of fused-ring (bicyclic) bond motifs is 1. The standard InChI is InChI=1S/C15H18F2N4O/c1-2-20-6-4-9(22)10-13(19)11(16)15(12(17)14(10)20)21-5-3-8(18)7-21/h4,6,8H,2-3,5,7,18-19H2,1H3. The minimum Gasteiger partial charge on any atom is -0.396 e. The molecule has 1 unspecified atom stereocenters. The van der Waals surface area contributed by atoms with Crippen molar-refractivity contribution in [2.45, 2.75) is 25.9 Å². The summed E-state index contributed by atoms with van der Waals surface area (Å²) in [6.45, 7) is 3.08. The molecule has 1 aromatic heterocycles. The molecule has 0 saturated carbocycles.